The molecule has 0 aromatic rings. The molecule has 0 bridgehead atoms. The molecule has 1 saturated carbocycles. The van der Waals surface area contributed by atoms with E-state index in [0.717, 1.165) is 0 Å². The Labute approximate surface area is 115 Å². The summed E-state index contributed by atoms with van der Waals surface area (Å²) in [5.41, 5.74) is 0. The molecule has 0 aromatic heterocycles. The van der Waals surface area contributed by atoms with E-state index in [-0.39, 0.29) is 25.8 Å². The number of alkyl halides is 3. The molecule has 1 rings (SSSR count). The van der Waals surface area contributed by atoms with E-state index in [4.69, 9.17) is 5.11 Å². The monoisotopic (exact) mass is 296 g/mol. The molecule has 2 atom stereocenters. The van der Waals surface area contributed by atoms with E-state index in [1.165, 1.54) is 11.9 Å². The minimum Gasteiger partial charge on any atom is -0.481 e. The van der Waals surface area contributed by atoms with Gasteiger partial charge in [-0.05, 0) is 19.3 Å². The van der Waals surface area contributed by atoms with Gasteiger partial charge in [-0.3, -0.25) is 4.79 Å². The summed E-state index contributed by atoms with van der Waals surface area (Å²) in [5.74, 6) is -2.40. The van der Waals surface area contributed by atoms with Crippen LogP contribution in [0.3, 0.4) is 0 Å². The molecule has 0 aliphatic heterocycles. The van der Waals surface area contributed by atoms with Crippen LogP contribution in [0.25, 0.3) is 0 Å². The van der Waals surface area contributed by atoms with Crippen molar-refractivity contribution in [1.82, 2.24) is 10.2 Å². The van der Waals surface area contributed by atoms with E-state index in [2.05, 4.69) is 5.32 Å². The average molecular weight is 296 g/mol. The van der Waals surface area contributed by atoms with E-state index in [0.29, 0.717) is 12.8 Å². The third-order valence-electron chi connectivity index (χ3n) is 3.47. The zero-order valence-electron chi connectivity index (χ0n) is 11.2. The van der Waals surface area contributed by atoms with Crippen LogP contribution in [0.2, 0.25) is 0 Å². The normalized spacial score (nSPS) is 23.2. The molecule has 0 heterocycles. The zero-order valence-corrected chi connectivity index (χ0v) is 11.2. The van der Waals surface area contributed by atoms with E-state index in [9.17, 15) is 22.8 Å². The van der Waals surface area contributed by atoms with Crippen LogP contribution in [-0.4, -0.2) is 47.8 Å². The van der Waals surface area contributed by atoms with Crippen molar-refractivity contribution in [3.8, 4) is 0 Å². The van der Waals surface area contributed by atoms with Crippen LogP contribution in [0.4, 0.5) is 18.0 Å². The SMILES string of the molecule is CN(CCC(=O)O)C(=O)NC1CCCC(C(F)(F)F)C1. The molecule has 0 radical (unpaired) electrons. The second-order valence-electron chi connectivity index (χ2n) is 5.12. The number of carbonyl (C=O) groups excluding carboxylic acids is 1. The van der Waals surface area contributed by atoms with Crippen LogP contribution < -0.4 is 5.32 Å². The Hall–Kier alpha value is -1.47. The largest absolute Gasteiger partial charge is 0.481 e. The minimum absolute atomic E-state index is 0.0244. The van der Waals surface area contributed by atoms with Crippen LogP contribution in [0, 0.1) is 5.92 Å². The first-order valence-electron chi connectivity index (χ1n) is 6.50. The summed E-state index contributed by atoms with van der Waals surface area (Å²) in [5, 5.41) is 11.0. The first-order valence-corrected chi connectivity index (χ1v) is 6.50. The van der Waals surface area contributed by atoms with Crippen molar-refractivity contribution in [2.75, 3.05) is 13.6 Å². The molecule has 1 aliphatic carbocycles. The Morgan fingerprint density at radius 2 is 2.00 bits per heavy atom. The van der Waals surface area contributed by atoms with Gasteiger partial charge in [0, 0.05) is 19.6 Å². The molecule has 5 nitrogen and oxygen atoms in total. The van der Waals surface area contributed by atoms with Gasteiger partial charge < -0.3 is 15.3 Å². The predicted octanol–water partition coefficient (Wildman–Crippen LogP) is 2.22. The molecule has 8 heteroatoms. The molecule has 0 aromatic carbocycles. The topological polar surface area (TPSA) is 69.6 Å². The fourth-order valence-corrected chi connectivity index (χ4v) is 2.27. The number of carboxylic acid groups (broad SMARTS) is 1. The predicted molar refractivity (Wildman–Crippen MR) is 65.2 cm³/mol. The number of hydrogen-bond donors (Lipinski definition) is 2. The number of rotatable bonds is 4. The number of aliphatic carboxylic acids is 1. The number of nitrogens with zero attached hydrogens (tertiary/aromatic N) is 1. The molecule has 2 N–H and O–H groups in total. The quantitative estimate of drug-likeness (QED) is 0.835. The van der Waals surface area contributed by atoms with Crippen molar-refractivity contribution < 1.29 is 27.9 Å². The van der Waals surface area contributed by atoms with Crippen LogP contribution >= 0.6 is 0 Å². The van der Waals surface area contributed by atoms with Crippen molar-refractivity contribution >= 4 is 12.0 Å². The fourth-order valence-electron chi connectivity index (χ4n) is 2.27. The summed E-state index contributed by atoms with van der Waals surface area (Å²) in [6, 6.07) is -1.03. The highest BCUT2D eigenvalue weighted by Crippen LogP contribution is 2.37. The Balaban J connectivity index is 2.43. The van der Waals surface area contributed by atoms with Gasteiger partial charge >= 0.3 is 18.2 Å². The molecular weight excluding hydrogens is 277 g/mol. The lowest BCUT2D eigenvalue weighted by Crippen LogP contribution is -2.46. The van der Waals surface area contributed by atoms with Gasteiger partial charge in [-0.25, -0.2) is 4.79 Å². The summed E-state index contributed by atoms with van der Waals surface area (Å²) in [6.07, 6.45) is -3.48. The van der Waals surface area contributed by atoms with Gasteiger partial charge in [0.15, 0.2) is 0 Å². The minimum atomic E-state index is -4.22. The summed E-state index contributed by atoms with van der Waals surface area (Å²) >= 11 is 0. The van der Waals surface area contributed by atoms with Crippen LogP contribution in [-0.2, 0) is 4.79 Å². The van der Waals surface area contributed by atoms with Crippen molar-refractivity contribution in [2.45, 2.75) is 44.3 Å². The van der Waals surface area contributed by atoms with Gasteiger partial charge in [-0.1, -0.05) is 6.42 Å². The van der Waals surface area contributed by atoms with Gasteiger partial charge in [0.05, 0.1) is 12.3 Å². The molecule has 1 fully saturated rings. The highest BCUT2D eigenvalue weighted by atomic mass is 19.4. The lowest BCUT2D eigenvalue weighted by Gasteiger charge is -2.32. The number of urea groups is 1. The van der Waals surface area contributed by atoms with Crippen LogP contribution in [0.1, 0.15) is 32.1 Å². The third-order valence-corrected chi connectivity index (χ3v) is 3.47. The van der Waals surface area contributed by atoms with Crippen molar-refractivity contribution in [3.63, 3.8) is 0 Å². The first-order chi connectivity index (χ1) is 9.20. The maximum atomic E-state index is 12.6. The van der Waals surface area contributed by atoms with Crippen LogP contribution in [0.5, 0.6) is 0 Å². The molecule has 0 spiro atoms. The van der Waals surface area contributed by atoms with Gasteiger partial charge in [-0.15, -0.1) is 0 Å². The van der Waals surface area contributed by atoms with E-state index in [1.54, 1.807) is 0 Å². The van der Waals surface area contributed by atoms with E-state index >= 15 is 0 Å². The Morgan fingerprint density at radius 3 is 2.55 bits per heavy atom. The number of carbonyl (C=O) groups is 2. The first kappa shape index (κ1) is 16.6. The second kappa shape index (κ2) is 6.81. The average Bonchev–Trinajstić information content (AvgIpc) is 2.35. The van der Waals surface area contributed by atoms with Crippen molar-refractivity contribution in [1.29, 1.82) is 0 Å². The van der Waals surface area contributed by atoms with Crippen molar-refractivity contribution in [3.05, 3.63) is 0 Å². The molecular formula is C12H19F3N2O3. The maximum Gasteiger partial charge on any atom is 0.391 e. The number of amides is 2. The Bertz CT molecular complexity index is 360. The molecule has 0 saturated heterocycles. The molecule has 20 heavy (non-hydrogen) atoms. The van der Waals surface area contributed by atoms with Gasteiger partial charge in [0.25, 0.3) is 0 Å². The Morgan fingerprint density at radius 1 is 1.35 bits per heavy atom. The van der Waals surface area contributed by atoms with Crippen molar-refractivity contribution in [2.24, 2.45) is 5.92 Å². The highest BCUT2D eigenvalue weighted by molar-refractivity contribution is 5.75. The summed E-state index contributed by atoms with van der Waals surface area (Å²) < 4.78 is 37.9. The fraction of sp³-hybridized carbons (Fsp3) is 0.833. The number of nitrogens with one attached hydrogen (secondary N) is 1. The smallest absolute Gasteiger partial charge is 0.391 e. The highest BCUT2D eigenvalue weighted by Gasteiger charge is 2.42. The number of halogens is 3. The molecule has 116 valence electrons. The van der Waals surface area contributed by atoms with E-state index in [1.807, 2.05) is 0 Å². The molecule has 2 unspecified atom stereocenters. The second-order valence-corrected chi connectivity index (χ2v) is 5.12. The summed E-state index contributed by atoms with van der Waals surface area (Å²) in [6.45, 7) is 0.0244. The molecule has 1 aliphatic rings. The lowest BCUT2D eigenvalue weighted by molar-refractivity contribution is -0.183. The van der Waals surface area contributed by atoms with Crippen LogP contribution in [0.15, 0.2) is 0 Å². The Kier molecular flexibility index (Phi) is 5.64. The number of carboxylic acids is 1. The number of hydrogen-bond acceptors (Lipinski definition) is 2. The van der Waals surface area contributed by atoms with E-state index < -0.39 is 30.1 Å². The van der Waals surface area contributed by atoms with Gasteiger partial charge in [-0.2, -0.15) is 13.2 Å². The summed E-state index contributed by atoms with van der Waals surface area (Å²) in [4.78, 5) is 23.3. The molecule has 2 amide bonds. The lowest BCUT2D eigenvalue weighted by atomic mass is 9.85. The van der Waals surface area contributed by atoms with Gasteiger partial charge in [0.2, 0.25) is 0 Å². The maximum absolute atomic E-state index is 12.6. The zero-order chi connectivity index (χ0) is 15.3. The van der Waals surface area contributed by atoms with Gasteiger partial charge in [0.1, 0.15) is 0 Å². The third kappa shape index (κ3) is 5.26. The standard InChI is InChI=1S/C12H19F3N2O3/c1-17(6-5-10(18)19)11(20)16-9-4-2-3-8(7-9)12(13,14)15/h8-9H,2-7H2,1H3,(H,16,20)(H,18,19). The summed E-state index contributed by atoms with van der Waals surface area (Å²) in [7, 11) is 1.42.